The third kappa shape index (κ3) is 8.88. The Morgan fingerprint density at radius 3 is 2.34 bits per heavy atom. The van der Waals surface area contributed by atoms with Crippen molar-refractivity contribution in [3.05, 3.63) is 59.7 Å². The Balaban J connectivity index is 0.000000516. The van der Waals surface area contributed by atoms with E-state index >= 15 is 0 Å². The SMILES string of the molecule is Cc1cccc(NC(=O)c2ccccc2NCC(N)CS)c1.O=C(O)C(F)(F)F. The number of alkyl halides is 3. The molecule has 1 atom stereocenters. The van der Waals surface area contributed by atoms with E-state index in [0.29, 0.717) is 17.9 Å². The summed E-state index contributed by atoms with van der Waals surface area (Å²) in [6, 6.07) is 15.0. The number of nitrogens with one attached hydrogen (secondary N) is 2. The number of halogens is 3. The molecule has 5 N–H and O–H groups in total. The largest absolute Gasteiger partial charge is 0.490 e. The fraction of sp³-hybridized carbons (Fsp3) is 0.263. The highest BCUT2D eigenvalue weighted by Gasteiger charge is 2.38. The Bertz CT molecular complexity index is 832. The second-order valence-electron chi connectivity index (χ2n) is 6.00. The molecule has 0 bridgehead atoms. The van der Waals surface area contributed by atoms with Crippen molar-refractivity contribution >= 4 is 35.9 Å². The Morgan fingerprint density at radius 2 is 1.79 bits per heavy atom. The van der Waals surface area contributed by atoms with Crippen molar-refractivity contribution in [2.45, 2.75) is 19.1 Å². The average Bonchev–Trinajstić information content (AvgIpc) is 2.66. The van der Waals surface area contributed by atoms with Gasteiger partial charge in [-0.25, -0.2) is 4.79 Å². The van der Waals surface area contributed by atoms with Gasteiger partial charge in [-0.1, -0.05) is 24.3 Å². The van der Waals surface area contributed by atoms with Gasteiger partial charge in [0, 0.05) is 29.7 Å². The third-order valence-corrected chi connectivity index (χ3v) is 3.95. The molecule has 0 fully saturated rings. The van der Waals surface area contributed by atoms with Crippen molar-refractivity contribution in [2.24, 2.45) is 5.73 Å². The first-order chi connectivity index (χ1) is 13.5. The van der Waals surface area contributed by atoms with Crippen LogP contribution in [0.15, 0.2) is 48.5 Å². The monoisotopic (exact) mass is 429 g/mol. The van der Waals surface area contributed by atoms with Crippen molar-refractivity contribution in [3.8, 4) is 0 Å². The van der Waals surface area contributed by atoms with Crippen LogP contribution in [-0.2, 0) is 4.79 Å². The number of carbonyl (C=O) groups is 2. The Morgan fingerprint density at radius 1 is 1.17 bits per heavy atom. The first kappa shape index (κ1) is 24.3. The summed E-state index contributed by atoms with van der Waals surface area (Å²) in [7, 11) is 0. The minimum Gasteiger partial charge on any atom is -0.475 e. The van der Waals surface area contributed by atoms with Crippen LogP contribution in [0.1, 0.15) is 15.9 Å². The van der Waals surface area contributed by atoms with Gasteiger partial charge in [-0.3, -0.25) is 4.79 Å². The molecule has 6 nitrogen and oxygen atoms in total. The number of anilines is 2. The van der Waals surface area contributed by atoms with Gasteiger partial charge in [0.25, 0.3) is 5.91 Å². The quantitative estimate of drug-likeness (QED) is 0.452. The van der Waals surface area contributed by atoms with E-state index in [1.54, 1.807) is 6.07 Å². The van der Waals surface area contributed by atoms with Crippen molar-refractivity contribution in [2.75, 3.05) is 22.9 Å². The number of carboxylic acid groups (broad SMARTS) is 1. The summed E-state index contributed by atoms with van der Waals surface area (Å²) in [5, 5.41) is 13.2. The lowest BCUT2D eigenvalue weighted by Crippen LogP contribution is -2.31. The number of carbonyl (C=O) groups excluding carboxylic acids is 1. The summed E-state index contributed by atoms with van der Waals surface area (Å²) in [5.74, 6) is -2.31. The van der Waals surface area contributed by atoms with Gasteiger partial charge in [0.15, 0.2) is 0 Å². The van der Waals surface area contributed by atoms with Crippen LogP contribution in [0.4, 0.5) is 24.5 Å². The summed E-state index contributed by atoms with van der Waals surface area (Å²) in [6.07, 6.45) is -5.08. The van der Waals surface area contributed by atoms with Gasteiger partial charge in [0.05, 0.1) is 5.56 Å². The normalized spacial score (nSPS) is 11.7. The zero-order valence-corrected chi connectivity index (χ0v) is 16.4. The van der Waals surface area contributed by atoms with E-state index in [4.69, 9.17) is 15.6 Å². The minimum absolute atomic E-state index is 0.0591. The van der Waals surface area contributed by atoms with Crippen LogP contribution in [0.25, 0.3) is 0 Å². The lowest BCUT2D eigenvalue weighted by atomic mass is 10.1. The van der Waals surface area contributed by atoms with Gasteiger partial charge in [-0.05, 0) is 36.8 Å². The molecule has 2 aromatic rings. The number of hydrogen-bond acceptors (Lipinski definition) is 5. The summed E-state index contributed by atoms with van der Waals surface area (Å²) in [5.41, 5.74) is 9.09. The lowest BCUT2D eigenvalue weighted by molar-refractivity contribution is -0.192. The van der Waals surface area contributed by atoms with Crippen molar-refractivity contribution in [3.63, 3.8) is 0 Å². The molecule has 0 spiro atoms. The summed E-state index contributed by atoms with van der Waals surface area (Å²) in [4.78, 5) is 21.4. The van der Waals surface area contributed by atoms with Crippen LogP contribution in [-0.4, -0.2) is 41.5 Å². The second-order valence-corrected chi connectivity index (χ2v) is 6.36. The van der Waals surface area contributed by atoms with E-state index in [9.17, 15) is 18.0 Å². The highest BCUT2D eigenvalue weighted by molar-refractivity contribution is 7.80. The summed E-state index contributed by atoms with van der Waals surface area (Å²) in [6.45, 7) is 2.56. The number of hydrogen-bond donors (Lipinski definition) is 5. The molecular weight excluding hydrogens is 407 g/mol. The number of benzene rings is 2. The molecule has 0 aromatic heterocycles. The van der Waals surface area contributed by atoms with Crippen LogP contribution in [0.3, 0.4) is 0 Å². The van der Waals surface area contributed by atoms with Crippen molar-refractivity contribution in [1.82, 2.24) is 0 Å². The molecule has 10 heteroatoms. The molecule has 1 unspecified atom stereocenters. The minimum atomic E-state index is -5.08. The molecule has 0 saturated carbocycles. The highest BCUT2D eigenvalue weighted by Crippen LogP contribution is 2.18. The standard InChI is InChI=1S/C17H21N3OS.C2HF3O2/c1-12-5-4-6-14(9-12)20-17(21)15-7-2-3-8-16(15)19-10-13(18)11-22;3-2(4,5)1(6)7/h2-9,13,19,22H,10-11,18H2,1H3,(H,20,21);(H,6,7). The van der Waals surface area contributed by atoms with Crippen LogP contribution >= 0.6 is 12.6 Å². The average molecular weight is 429 g/mol. The number of para-hydroxylation sites is 1. The predicted molar refractivity (Wildman–Crippen MR) is 110 cm³/mol. The van der Waals surface area contributed by atoms with Crippen molar-refractivity contribution < 1.29 is 27.9 Å². The smallest absolute Gasteiger partial charge is 0.475 e. The molecular formula is C19H22F3N3O3S. The maximum atomic E-state index is 12.5. The second kappa shape index (κ2) is 11.3. The summed E-state index contributed by atoms with van der Waals surface area (Å²) >= 11 is 4.16. The van der Waals surface area contributed by atoms with Gasteiger partial charge in [-0.2, -0.15) is 25.8 Å². The van der Waals surface area contributed by atoms with Gasteiger partial charge in [-0.15, -0.1) is 0 Å². The number of rotatable bonds is 6. The Labute approximate surface area is 171 Å². The van der Waals surface area contributed by atoms with E-state index in [-0.39, 0.29) is 11.9 Å². The van der Waals surface area contributed by atoms with E-state index in [2.05, 4.69) is 23.3 Å². The topological polar surface area (TPSA) is 104 Å². The van der Waals surface area contributed by atoms with E-state index in [1.165, 1.54) is 0 Å². The van der Waals surface area contributed by atoms with E-state index in [0.717, 1.165) is 16.9 Å². The number of aryl methyl sites for hydroxylation is 1. The van der Waals surface area contributed by atoms with Gasteiger partial charge in [0.2, 0.25) is 0 Å². The van der Waals surface area contributed by atoms with Crippen LogP contribution < -0.4 is 16.4 Å². The fourth-order valence-electron chi connectivity index (χ4n) is 2.06. The lowest BCUT2D eigenvalue weighted by Gasteiger charge is -2.15. The molecule has 0 heterocycles. The summed E-state index contributed by atoms with van der Waals surface area (Å²) < 4.78 is 31.7. The first-order valence-electron chi connectivity index (χ1n) is 8.42. The molecule has 29 heavy (non-hydrogen) atoms. The third-order valence-electron chi connectivity index (χ3n) is 3.48. The molecule has 0 aliphatic rings. The number of nitrogens with two attached hydrogens (primary N) is 1. The molecule has 0 saturated heterocycles. The fourth-order valence-corrected chi connectivity index (χ4v) is 2.19. The first-order valence-corrected chi connectivity index (χ1v) is 9.05. The molecule has 0 aliphatic heterocycles. The molecule has 0 aliphatic carbocycles. The van der Waals surface area contributed by atoms with Gasteiger partial charge in [0.1, 0.15) is 0 Å². The zero-order chi connectivity index (χ0) is 22.0. The van der Waals surface area contributed by atoms with Gasteiger partial charge >= 0.3 is 12.1 Å². The van der Waals surface area contributed by atoms with Gasteiger partial charge < -0.3 is 21.5 Å². The predicted octanol–water partition coefficient (Wildman–Crippen LogP) is 3.55. The molecule has 2 aromatic carbocycles. The number of thiol groups is 1. The molecule has 1 amide bonds. The molecule has 2 rings (SSSR count). The maximum Gasteiger partial charge on any atom is 0.490 e. The Kier molecular flexibility index (Phi) is 9.49. The number of carboxylic acids is 1. The van der Waals surface area contributed by atoms with E-state index in [1.807, 2.05) is 49.4 Å². The number of amides is 1. The van der Waals surface area contributed by atoms with Crippen LogP contribution in [0, 0.1) is 6.92 Å². The zero-order valence-electron chi connectivity index (χ0n) is 15.5. The van der Waals surface area contributed by atoms with Crippen molar-refractivity contribution in [1.29, 1.82) is 0 Å². The van der Waals surface area contributed by atoms with Crippen LogP contribution in [0.5, 0.6) is 0 Å². The van der Waals surface area contributed by atoms with Crippen LogP contribution in [0.2, 0.25) is 0 Å². The Hall–Kier alpha value is -2.72. The number of aliphatic carboxylic acids is 1. The van der Waals surface area contributed by atoms with E-state index < -0.39 is 12.1 Å². The maximum absolute atomic E-state index is 12.5. The molecule has 158 valence electrons. The molecule has 0 radical (unpaired) electrons. The highest BCUT2D eigenvalue weighted by atomic mass is 32.1.